The fourth-order valence-electron chi connectivity index (χ4n) is 3.63. The van der Waals surface area contributed by atoms with Gasteiger partial charge in [0.05, 0.1) is 11.9 Å². The fourth-order valence-corrected chi connectivity index (χ4v) is 5.14. The largest absolute Gasteiger partial charge is 0.488 e. The number of thiazole rings is 1. The standard InChI is InChI=1S/C30H21Br2ClN4O2S/c31-23-7-1-19(2-8-23)17-39-28-14-9-24(32)15-22(28)16-34-37-29(38)21-5-3-20(4-6-21)27-18-40-30(36-27)35-26-12-10-25(33)11-13-26/h1-16,18H,17H2,(H,35,36)(H,37,38)/b34-16-. The quantitative estimate of drug-likeness (QED) is 0.119. The van der Waals surface area contributed by atoms with Crippen molar-refractivity contribution in [3.8, 4) is 17.0 Å². The van der Waals surface area contributed by atoms with E-state index in [1.54, 1.807) is 18.3 Å². The molecule has 200 valence electrons. The Labute approximate surface area is 257 Å². The normalized spacial score (nSPS) is 11.0. The molecule has 1 heterocycles. The summed E-state index contributed by atoms with van der Waals surface area (Å²) in [6.07, 6.45) is 1.57. The number of carbonyl (C=O) groups excluding carboxylic acids is 1. The minimum Gasteiger partial charge on any atom is -0.488 e. The molecule has 5 rings (SSSR count). The smallest absolute Gasteiger partial charge is 0.271 e. The first-order valence-corrected chi connectivity index (χ1v) is 14.9. The molecule has 4 aromatic carbocycles. The van der Waals surface area contributed by atoms with Gasteiger partial charge in [0.2, 0.25) is 0 Å². The van der Waals surface area contributed by atoms with E-state index in [9.17, 15) is 4.79 Å². The number of hydrogen-bond acceptors (Lipinski definition) is 6. The SMILES string of the molecule is O=C(N/N=C\c1cc(Br)ccc1OCc1ccc(Br)cc1)c1ccc(-c2csc(Nc3ccc(Cl)cc3)n2)cc1. The van der Waals surface area contributed by atoms with E-state index in [1.165, 1.54) is 11.3 Å². The summed E-state index contributed by atoms with van der Waals surface area (Å²) in [6.45, 7) is 0.409. The summed E-state index contributed by atoms with van der Waals surface area (Å²) >= 11 is 14.4. The number of aromatic nitrogens is 1. The fraction of sp³-hybridized carbons (Fsp3) is 0.0333. The highest BCUT2D eigenvalue weighted by atomic mass is 79.9. The van der Waals surface area contributed by atoms with Crippen LogP contribution in [0.3, 0.4) is 0 Å². The molecule has 0 aliphatic rings. The van der Waals surface area contributed by atoms with Gasteiger partial charge in [0.15, 0.2) is 5.13 Å². The van der Waals surface area contributed by atoms with Crippen molar-refractivity contribution in [1.82, 2.24) is 10.4 Å². The van der Waals surface area contributed by atoms with Gasteiger partial charge < -0.3 is 10.1 Å². The van der Waals surface area contributed by atoms with E-state index in [0.29, 0.717) is 22.9 Å². The molecule has 0 saturated carbocycles. The average molecular weight is 697 g/mol. The van der Waals surface area contributed by atoms with Gasteiger partial charge in [0, 0.05) is 41.7 Å². The molecule has 5 aromatic rings. The van der Waals surface area contributed by atoms with Gasteiger partial charge in [0.1, 0.15) is 12.4 Å². The van der Waals surface area contributed by atoms with Crippen LogP contribution in [-0.4, -0.2) is 17.1 Å². The summed E-state index contributed by atoms with van der Waals surface area (Å²) in [5, 5.41) is 10.8. The van der Waals surface area contributed by atoms with Gasteiger partial charge in [-0.1, -0.05) is 67.7 Å². The highest BCUT2D eigenvalue weighted by molar-refractivity contribution is 9.10. The van der Waals surface area contributed by atoms with Crippen molar-refractivity contribution in [3.05, 3.63) is 127 Å². The van der Waals surface area contributed by atoms with Crippen LogP contribution in [0.5, 0.6) is 5.75 Å². The Morgan fingerprint density at radius 3 is 2.42 bits per heavy atom. The van der Waals surface area contributed by atoms with Gasteiger partial charge in [-0.25, -0.2) is 10.4 Å². The molecular formula is C30H21Br2ClN4O2S. The number of hydrazone groups is 1. The number of carbonyl (C=O) groups is 1. The second-order valence-electron chi connectivity index (χ2n) is 8.54. The van der Waals surface area contributed by atoms with Crippen LogP contribution in [0.1, 0.15) is 21.5 Å². The van der Waals surface area contributed by atoms with Crippen molar-refractivity contribution >= 4 is 77.7 Å². The van der Waals surface area contributed by atoms with Crippen LogP contribution >= 0.6 is 54.8 Å². The maximum Gasteiger partial charge on any atom is 0.271 e. The van der Waals surface area contributed by atoms with E-state index in [4.69, 9.17) is 16.3 Å². The molecule has 40 heavy (non-hydrogen) atoms. The molecule has 0 saturated heterocycles. The van der Waals surface area contributed by atoms with Gasteiger partial charge in [-0.15, -0.1) is 11.3 Å². The van der Waals surface area contributed by atoms with Crippen molar-refractivity contribution in [3.63, 3.8) is 0 Å². The Hall–Kier alpha value is -3.50. The van der Waals surface area contributed by atoms with Gasteiger partial charge >= 0.3 is 0 Å². The minimum atomic E-state index is -0.321. The molecule has 0 bridgehead atoms. The first-order chi connectivity index (χ1) is 19.4. The summed E-state index contributed by atoms with van der Waals surface area (Å²) in [5.41, 5.74) is 7.47. The first kappa shape index (κ1) is 28.0. The van der Waals surface area contributed by atoms with Crippen molar-refractivity contribution in [1.29, 1.82) is 0 Å². The summed E-state index contributed by atoms with van der Waals surface area (Å²) < 4.78 is 7.89. The van der Waals surface area contributed by atoms with Crippen molar-refractivity contribution in [2.75, 3.05) is 5.32 Å². The highest BCUT2D eigenvalue weighted by Crippen LogP contribution is 2.28. The molecular weight excluding hydrogens is 676 g/mol. The lowest BCUT2D eigenvalue weighted by atomic mass is 10.1. The lowest BCUT2D eigenvalue weighted by Crippen LogP contribution is -2.17. The van der Waals surface area contributed by atoms with Crippen LogP contribution in [0.4, 0.5) is 10.8 Å². The van der Waals surface area contributed by atoms with E-state index in [2.05, 4.69) is 52.7 Å². The molecule has 6 nitrogen and oxygen atoms in total. The molecule has 0 radical (unpaired) electrons. The lowest BCUT2D eigenvalue weighted by molar-refractivity contribution is 0.0955. The van der Waals surface area contributed by atoms with Gasteiger partial charge in [-0.3, -0.25) is 4.79 Å². The summed E-state index contributed by atoms with van der Waals surface area (Å²) in [5.74, 6) is 0.333. The van der Waals surface area contributed by atoms with Crippen LogP contribution in [-0.2, 0) is 6.61 Å². The topological polar surface area (TPSA) is 75.6 Å². The number of benzene rings is 4. The molecule has 0 atom stereocenters. The summed E-state index contributed by atoms with van der Waals surface area (Å²) in [6, 6.07) is 28.2. The Bertz CT molecular complexity index is 1640. The Kier molecular flexibility index (Phi) is 9.28. The maximum atomic E-state index is 12.7. The van der Waals surface area contributed by atoms with Crippen LogP contribution in [0, 0.1) is 0 Å². The second kappa shape index (κ2) is 13.2. The Morgan fingerprint density at radius 2 is 1.68 bits per heavy atom. The number of nitrogens with one attached hydrogen (secondary N) is 2. The summed E-state index contributed by atoms with van der Waals surface area (Å²) in [7, 11) is 0. The molecule has 0 fully saturated rings. The number of ether oxygens (including phenoxy) is 1. The Morgan fingerprint density at radius 1 is 0.950 bits per heavy atom. The number of amides is 1. The van der Waals surface area contributed by atoms with E-state index in [-0.39, 0.29) is 5.91 Å². The predicted octanol–water partition coefficient (Wildman–Crippen LogP) is 9.07. The third-order valence-electron chi connectivity index (χ3n) is 5.69. The van der Waals surface area contributed by atoms with Crippen LogP contribution in [0.2, 0.25) is 5.02 Å². The van der Waals surface area contributed by atoms with Gasteiger partial charge in [-0.2, -0.15) is 5.10 Å². The van der Waals surface area contributed by atoms with E-state index in [1.807, 2.05) is 84.2 Å². The average Bonchev–Trinajstić information content (AvgIpc) is 3.43. The number of nitrogens with zero attached hydrogens (tertiary/aromatic N) is 2. The zero-order chi connectivity index (χ0) is 27.9. The highest BCUT2D eigenvalue weighted by Gasteiger charge is 2.09. The van der Waals surface area contributed by atoms with Crippen molar-refractivity contribution < 1.29 is 9.53 Å². The van der Waals surface area contributed by atoms with E-state index in [0.717, 1.165) is 42.1 Å². The molecule has 0 unspecified atom stereocenters. The second-order valence-corrected chi connectivity index (χ2v) is 11.7. The number of hydrogen-bond donors (Lipinski definition) is 2. The number of rotatable bonds is 9. The monoisotopic (exact) mass is 694 g/mol. The van der Waals surface area contributed by atoms with Crippen LogP contribution < -0.4 is 15.5 Å². The third-order valence-corrected chi connectivity index (χ3v) is 7.72. The third kappa shape index (κ3) is 7.57. The lowest BCUT2D eigenvalue weighted by Gasteiger charge is -2.10. The Balaban J connectivity index is 1.19. The number of halogens is 3. The van der Waals surface area contributed by atoms with E-state index < -0.39 is 0 Å². The molecule has 10 heteroatoms. The zero-order valence-electron chi connectivity index (χ0n) is 20.8. The number of anilines is 2. The molecule has 0 aliphatic heterocycles. The molecule has 0 spiro atoms. The predicted molar refractivity (Wildman–Crippen MR) is 170 cm³/mol. The summed E-state index contributed by atoms with van der Waals surface area (Å²) in [4.78, 5) is 17.3. The molecule has 2 N–H and O–H groups in total. The molecule has 1 aromatic heterocycles. The molecule has 1 amide bonds. The van der Waals surface area contributed by atoms with Crippen molar-refractivity contribution in [2.45, 2.75) is 6.61 Å². The van der Waals surface area contributed by atoms with Gasteiger partial charge in [-0.05, 0) is 72.3 Å². The molecule has 0 aliphatic carbocycles. The zero-order valence-corrected chi connectivity index (χ0v) is 25.5. The van der Waals surface area contributed by atoms with E-state index >= 15 is 0 Å². The van der Waals surface area contributed by atoms with Crippen LogP contribution in [0.15, 0.2) is 110 Å². The van der Waals surface area contributed by atoms with Crippen molar-refractivity contribution in [2.24, 2.45) is 5.10 Å². The van der Waals surface area contributed by atoms with Gasteiger partial charge in [0.25, 0.3) is 5.91 Å². The maximum absolute atomic E-state index is 12.7. The first-order valence-electron chi connectivity index (χ1n) is 12.0. The van der Waals surface area contributed by atoms with Crippen LogP contribution in [0.25, 0.3) is 11.3 Å². The minimum absolute atomic E-state index is 0.321.